The van der Waals surface area contributed by atoms with E-state index >= 15 is 0 Å². The highest BCUT2D eigenvalue weighted by Gasteiger charge is 2.23. The molecule has 14 heteroatoms. The molecule has 0 aliphatic carbocycles. The van der Waals surface area contributed by atoms with Crippen molar-refractivity contribution in [1.82, 2.24) is 15.0 Å². The van der Waals surface area contributed by atoms with Crippen LogP contribution in [-0.2, 0) is 16.1 Å². The maximum absolute atomic E-state index is 13.6. The first kappa shape index (κ1) is 34.0. The monoisotopic (exact) mass is 709 g/mol. The van der Waals surface area contributed by atoms with Gasteiger partial charge >= 0.3 is 6.09 Å². The van der Waals surface area contributed by atoms with Crippen LogP contribution in [0.3, 0.4) is 0 Å². The number of hydrogen-bond acceptors (Lipinski definition) is 8. The van der Waals surface area contributed by atoms with Crippen LogP contribution in [0.15, 0.2) is 54.0 Å². The van der Waals surface area contributed by atoms with Crippen molar-refractivity contribution in [1.29, 1.82) is 0 Å². The van der Waals surface area contributed by atoms with Crippen LogP contribution in [0.25, 0.3) is 11.3 Å². The number of benzene rings is 2. The number of hydrogen-bond donors (Lipinski definition) is 3. The van der Waals surface area contributed by atoms with E-state index in [4.69, 9.17) is 32.7 Å². The standard InChI is InChI=1S/C29H30BrCl2N5O5S/c1-6-11-41-19-9-7-18(8-10-19)24-23(16(2)43-37-24)26(39)35-27(36-28(40)42-29(3,4)5)33-15-17-12-20(31)25(21(32)13-17)34-22(38)14-30/h6-10,12-13H,1,11,14-15H2,2-5H3,(H,34,38)(H2,33,35,36,39,40). The van der Waals surface area contributed by atoms with Crippen molar-refractivity contribution >= 4 is 80.2 Å². The Balaban J connectivity index is 1.89. The molecule has 0 aliphatic heterocycles. The number of anilines is 1. The van der Waals surface area contributed by atoms with Gasteiger partial charge in [0.05, 0.1) is 38.9 Å². The van der Waals surface area contributed by atoms with E-state index in [1.807, 2.05) is 0 Å². The number of rotatable bonds is 9. The molecule has 0 fully saturated rings. The summed E-state index contributed by atoms with van der Waals surface area (Å²) in [5.41, 5.74) is 1.51. The smallest absolute Gasteiger partial charge is 0.414 e. The van der Waals surface area contributed by atoms with Crippen LogP contribution in [0.4, 0.5) is 10.5 Å². The first-order valence-electron chi connectivity index (χ1n) is 12.8. The van der Waals surface area contributed by atoms with Gasteiger partial charge in [-0.25, -0.2) is 9.79 Å². The molecular weight excluding hydrogens is 681 g/mol. The second-order valence-electron chi connectivity index (χ2n) is 9.95. The van der Waals surface area contributed by atoms with Crippen LogP contribution in [0, 0.1) is 6.92 Å². The molecule has 0 spiro atoms. The second kappa shape index (κ2) is 15.3. The molecule has 3 N–H and O–H groups in total. The number of alkyl halides is 1. The molecule has 0 bridgehead atoms. The third-order valence-corrected chi connectivity index (χ3v) is 7.20. The van der Waals surface area contributed by atoms with Crippen LogP contribution in [-0.4, -0.2) is 45.8 Å². The summed E-state index contributed by atoms with van der Waals surface area (Å²) in [6, 6.07) is 10.3. The fourth-order valence-electron chi connectivity index (χ4n) is 3.56. The molecule has 0 saturated carbocycles. The summed E-state index contributed by atoms with van der Waals surface area (Å²) in [5, 5.41) is 8.26. The number of halogens is 3. The Hall–Kier alpha value is -3.45. The summed E-state index contributed by atoms with van der Waals surface area (Å²) in [6.45, 7) is 10.9. The summed E-state index contributed by atoms with van der Waals surface area (Å²) in [7, 11) is 0. The number of alkyl carbamates (subject to hydrolysis) is 1. The lowest BCUT2D eigenvalue weighted by Crippen LogP contribution is -2.46. The van der Waals surface area contributed by atoms with Crippen LogP contribution in [0.1, 0.15) is 41.6 Å². The lowest BCUT2D eigenvalue weighted by molar-refractivity contribution is -0.113. The Labute approximate surface area is 272 Å². The van der Waals surface area contributed by atoms with Gasteiger partial charge in [-0.3, -0.25) is 20.2 Å². The molecule has 2 aromatic carbocycles. The average Bonchev–Trinajstić information content (AvgIpc) is 3.32. The van der Waals surface area contributed by atoms with E-state index in [9.17, 15) is 14.4 Å². The quantitative estimate of drug-likeness (QED) is 0.0937. The number of aliphatic imine (C=N–C) groups is 1. The van der Waals surface area contributed by atoms with Crippen molar-refractivity contribution in [3.05, 3.63) is 75.1 Å². The molecular formula is C29H30BrCl2N5O5S. The largest absolute Gasteiger partial charge is 0.490 e. The molecule has 3 aromatic rings. The molecule has 1 heterocycles. The van der Waals surface area contributed by atoms with E-state index in [1.54, 1.807) is 70.2 Å². The highest BCUT2D eigenvalue weighted by atomic mass is 79.9. The Morgan fingerprint density at radius 3 is 2.35 bits per heavy atom. The molecule has 3 amide bonds. The van der Waals surface area contributed by atoms with Crippen molar-refractivity contribution in [3.63, 3.8) is 0 Å². The van der Waals surface area contributed by atoms with Gasteiger partial charge in [-0.05, 0) is 81.2 Å². The van der Waals surface area contributed by atoms with E-state index in [0.717, 1.165) is 0 Å². The van der Waals surface area contributed by atoms with Gasteiger partial charge in [-0.15, -0.1) is 0 Å². The lowest BCUT2D eigenvalue weighted by Gasteiger charge is -2.20. The summed E-state index contributed by atoms with van der Waals surface area (Å²) in [4.78, 5) is 43.0. The topological polar surface area (TPSA) is 131 Å². The fourth-order valence-corrected chi connectivity index (χ4v) is 5.03. The van der Waals surface area contributed by atoms with Crippen molar-refractivity contribution < 1.29 is 23.9 Å². The highest BCUT2D eigenvalue weighted by molar-refractivity contribution is 9.09. The summed E-state index contributed by atoms with van der Waals surface area (Å²) >= 11 is 16.9. The minimum Gasteiger partial charge on any atom is -0.490 e. The highest BCUT2D eigenvalue weighted by Crippen LogP contribution is 2.32. The van der Waals surface area contributed by atoms with Crippen LogP contribution < -0.4 is 20.7 Å². The van der Waals surface area contributed by atoms with E-state index in [1.165, 1.54) is 11.5 Å². The zero-order chi connectivity index (χ0) is 31.7. The van der Waals surface area contributed by atoms with Crippen LogP contribution in [0.2, 0.25) is 10.0 Å². The molecule has 228 valence electrons. The minimum absolute atomic E-state index is 0.0303. The van der Waals surface area contributed by atoms with Crippen molar-refractivity contribution in [3.8, 4) is 17.0 Å². The Bertz CT molecular complexity index is 1510. The van der Waals surface area contributed by atoms with Gasteiger partial charge in [0.1, 0.15) is 18.0 Å². The molecule has 0 unspecified atom stereocenters. The molecule has 0 radical (unpaired) electrons. The van der Waals surface area contributed by atoms with Crippen molar-refractivity contribution in [2.75, 3.05) is 17.3 Å². The van der Waals surface area contributed by atoms with Gasteiger partial charge in [-0.2, -0.15) is 4.37 Å². The molecule has 0 saturated heterocycles. The number of amides is 3. The maximum Gasteiger partial charge on any atom is 0.414 e. The van der Waals surface area contributed by atoms with E-state index in [2.05, 4.69) is 47.8 Å². The first-order chi connectivity index (χ1) is 20.3. The predicted molar refractivity (Wildman–Crippen MR) is 175 cm³/mol. The normalized spacial score (nSPS) is 11.5. The number of nitrogens with zero attached hydrogens (tertiary/aromatic N) is 2. The third kappa shape index (κ3) is 10.1. The molecule has 0 aliphatic rings. The number of carbonyl (C=O) groups excluding carboxylic acids is 3. The number of carbonyl (C=O) groups is 3. The maximum atomic E-state index is 13.6. The van der Waals surface area contributed by atoms with Gasteiger partial charge in [0.25, 0.3) is 5.91 Å². The van der Waals surface area contributed by atoms with Gasteiger partial charge in [0, 0.05) is 10.4 Å². The third-order valence-electron chi connectivity index (χ3n) is 5.34. The number of ether oxygens (including phenoxy) is 2. The Kier molecular flexibility index (Phi) is 12.1. The SMILES string of the molecule is C=CCOc1ccc(-c2nsc(C)c2C(=O)NC(=NCc2cc(Cl)c(NC(=O)CBr)c(Cl)c2)NC(=O)OC(C)(C)C)cc1. The van der Waals surface area contributed by atoms with Crippen LogP contribution in [0.5, 0.6) is 5.75 Å². The summed E-state index contributed by atoms with van der Waals surface area (Å²) in [6.07, 6.45) is 0.833. The van der Waals surface area contributed by atoms with E-state index in [0.29, 0.717) is 39.6 Å². The summed E-state index contributed by atoms with van der Waals surface area (Å²) in [5.74, 6) is -0.369. The van der Waals surface area contributed by atoms with Crippen molar-refractivity contribution in [2.24, 2.45) is 4.99 Å². The van der Waals surface area contributed by atoms with E-state index < -0.39 is 17.6 Å². The van der Waals surface area contributed by atoms with E-state index in [-0.39, 0.29) is 39.5 Å². The number of nitrogens with one attached hydrogen (secondary N) is 3. The Morgan fingerprint density at radius 2 is 1.77 bits per heavy atom. The molecule has 43 heavy (non-hydrogen) atoms. The van der Waals surface area contributed by atoms with Gasteiger partial charge in [0.2, 0.25) is 11.9 Å². The molecule has 10 nitrogen and oxygen atoms in total. The number of guanidine groups is 1. The zero-order valence-electron chi connectivity index (χ0n) is 23.8. The number of aryl methyl sites for hydroxylation is 1. The zero-order valence-corrected chi connectivity index (χ0v) is 27.8. The Morgan fingerprint density at radius 1 is 1.12 bits per heavy atom. The summed E-state index contributed by atoms with van der Waals surface area (Å²) < 4.78 is 15.4. The lowest BCUT2D eigenvalue weighted by atomic mass is 10.1. The minimum atomic E-state index is -0.814. The predicted octanol–water partition coefficient (Wildman–Crippen LogP) is 7.13. The van der Waals surface area contributed by atoms with Crippen molar-refractivity contribution in [2.45, 2.75) is 39.8 Å². The molecule has 0 atom stereocenters. The van der Waals surface area contributed by atoms with Gasteiger partial charge in [0.15, 0.2) is 0 Å². The van der Waals surface area contributed by atoms with Gasteiger partial charge in [-0.1, -0.05) is 51.8 Å². The second-order valence-corrected chi connectivity index (χ2v) is 12.3. The van der Waals surface area contributed by atoms with Gasteiger partial charge < -0.3 is 14.8 Å². The number of aromatic nitrogens is 1. The first-order valence-corrected chi connectivity index (χ1v) is 15.5. The molecule has 3 rings (SSSR count). The average molecular weight is 711 g/mol. The fraction of sp³-hybridized carbons (Fsp3) is 0.276. The van der Waals surface area contributed by atoms with Crippen LogP contribution >= 0.6 is 50.7 Å². The molecule has 1 aromatic heterocycles.